The van der Waals surface area contributed by atoms with Gasteiger partial charge in [0.2, 0.25) is 5.91 Å². The third-order valence-electron chi connectivity index (χ3n) is 5.42. The molecule has 32 heavy (non-hydrogen) atoms. The largest absolute Gasteiger partial charge is 0.325 e. The van der Waals surface area contributed by atoms with Gasteiger partial charge in [0, 0.05) is 5.69 Å². The number of aromatic nitrogens is 3. The van der Waals surface area contributed by atoms with Crippen LogP contribution in [0.1, 0.15) is 36.2 Å². The van der Waals surface area contributed by atoms with E-state index < -0.39 is 0 Å². The quantitative estimate of drug-likeness (QED) is 0.528. The molecule has 0 unspecified atom stereocenters. The van der Waals surface area contributed by atoms with Gasteiger partial charge in [-0.2, -0.15) is 5.26 Å². The van der Waals surface area contributed by atoms with Crippen LogP contribution in [0.15, 0.2) is 59.8 Å². The van der Waals surface area contributed by atoms with E-state index in [4.69, 9.17) is 5.26 Å². The number of hydrogen-bond donors (Lipinski definition) is 1. The Bertz CT molecular complexity index is 1070. The third kappa shape index (κ3) is 5.96. The van der Waals surface area contributed by atoms with E-state index in [0.29, 0.717) is 17.8 Å². The summed E-state index contributed by atoms with van der Waals surface area (Å²) in [5, 5.41) is 21.4. The van der Waals surface area contributed by atoms with E-state index in [9.17, 15) is 4.79 Å². The number of rotatable bonds is 8. The number of carbonyl (C=O) groups excluding carboxylic acids is 1. The van der Waals surface area contributed by atoms with E-state index in [1.807, 2.05) is 18.2 Å². The molecule has 1 amide bonds. The van der Waals surface area contributed by atoms with Crippen LogP contribution >= 0.6 is 11.8 Å². The Kier molecular flexibility index (Phi) is 7.54. The molecular weight excluding hydrogens is 420 g/mol. The first kappa shape index (κ1) is 22.1. The van der Waals surface area contributed by atoms with Gasteiger partial charge in [-0.15, -0.1) is 10.2 Å². The second-order valence-corrected chi connectivity index (χ2v) is 8.78. The van der Waals surface area contributed by atoms with Crippen molar-refractivity contribution in [1.29, 1.82) is 5.26 Å². The second-order valence-electron chi connectivity index (χ2n) is 7.83. The Labute approximate surface area is 192 Å². The fourth-order valence-corrected chi connectivity index (χ4v) is 4.50. The summed E-state index contributed by atoms with van der Waals surface area (Å²) in [6.45, 7) is 3.63. The lowest BCUT2D eigenvalue weighted by Gasteiger charge is -2.26. The number of nitrogens with one attached hydrogen (secondary N) is 1. The molecule has 1 N–H and O–H groups in total. The lowest BCUT2D eigenvalue weighted by molar-refractivity contribution is -0.113. The molecular formula is C24H26N6OS. The summed E-state index contributed by atoms with van der Waals surface area (Å²) in [7, 11) is 0. The number of benzene rings is 2. The van der Waals surface area contributed by atoms with Gasteiger partial charge in [-0.1, -0.05) is 48.5 Å². The van der Waals surface area contributed by atoms with Gasteiger partial charge in [0.1, 0.15) is 5.82 Å². The minimum absolute atomic E-state index is 0.119. The van der Waals surface area contributed by atoms with Crippen LogP contribution < -0.4 is 5.32 Å². The van der Waals surface area contributed by atoms with E-state index in [-0.39, 0.29) is 11.7 Å². The minimum atomic E-state index is -0.119. The van der Waals surface area contributed by atoms with Crippen molar-refractivity contribution in [3.05, 3.63) is 71.5 Å². The average molecular weight is 447 g/mol. The normalized spacial score (nSPS) is 14.1. The van der Waals surface area contributed by atoms with Crippen molar-refractivity contribution in [2.45, 2.75) is 37.5 Å². The topological polar surface area (TPSA) is 86.8 Å². The van der Waals surface area contributed by atoms with E-state index in [1.165, 1.54) is 36.6 Å². The second kappa shape index (κ2) is 10.9. The highest BCUT2D eigenvalue weighted by Crippen LogP contribution is 2.21. The predicted molar refractivity (Wildman–Crippen MR) is 125 cm³/mol. The van der Waals surface area contributed by atoms with Crippen molar-refractivity contribution in [2.24, 2.45) is 0 Å². The molecule has 164 valence electrons. The molecule has 1 aliphatic rings. The van der Waals surface area contributed by atoms with E-state index in [0.717, 1.165) is 30.6 Å². The molecule has 2 aromatic carbocycles. The number of hydrogen-bond acceptors (Lipinski definition) is 6. The molecule has 0 saturated carbocycles. The summed E-state index contributed by atoms with van der Waals surface area (Å²) in [4.78, 5) is 14.9. The van der Waals surface area contributed by atoms with E-state index >= 15 is 0 Å². The summed E-state index contributed by atoms with van der Waals surface area (Å²) in [5.41, 5.74) is 2.41. The number of piperidine rings is 1. The molecule has 0 aliphatic carbocycles. The molecule has 4 rings (SSSR count). The third-order valence-corrected chi connectivity index (χ3v) is 6.39. The molecule has 1 aliphatic heterocycles. The van der Waals surface area contributed by atoms with Crippen molar-refractivity contribution in [3.8, 4) is 6.07 Å². The van der Waals surface area contributed by atoms with Crippen LogP contribution in [0.3, 0.4) is 0 Å². The summed E-state index contributed by atoms with van der Waals surface area (Å²) in [6, 6.07) is 19.2. The van der Waals surface area contributed by atoms with Crippen LogP contribution in [-0.4, -0.2) is 44.4 Å². The number of nitrogens with zero attached hydrogens (tertiary/aromatic N) is 5. The summed E-state index contributed by atoms with van der Waals surface area (Å²) in [5.74, 6) is 1.05. The molecule has 0 atom stereocenters. The molecule has 0 radical (unpaired) electrons. The Morgan fingerprint density at radius 1 is 1.00 bits per heavy atom. The number of carbonyl (C=O) groups is 1. The monoisotopic (exact) mass is 446 g/mol. The SMILES string of the molecule is N#Cc1ccc(NC(=O)CSc2nnc(CN3CCCCC3)n2Cc2ccccc2)cc1. The molecule has 0 bridgehead atoms. The number of likely N-dealkylation sites (tertiary alicyclic amines) is 1. The van der Waals surface area contributed by atoms with Crippen molar-refractivity contribution >= 4 is 23.4 Å². The highest BCUT2D eigenvalue weighted by atomic mass is 32.2. The minimum Gasteiger partial charge on any atom is -0.325 e. The first-order valence-electron chi connectivity index (χ1n) is 10.8. The van der Waals surface area contributed by atoms with Crippen LogP contribution in [0, 0.1) is 11.3 Å². The van der Waals surface area contributed by atoms with Gasteiger partial charge in [-0.3, -0.25) is 9.69 Å². The zero-order valence-corrected chi connectivity index (χ0v) is 18.7. The van der Waals surface area contributed by atoms with Gasteiger partial charge in [-0.25, -0.2) is 0 Å². The Morgan fingerprint density at radius 2 is 1.75 bits per heavy atom. The lowest BCUT2D eigenvalue weighted by atomic mass is 10.1. The van der Waals surface area contributed by atoms with Crippen LogP contribution in [0.2, 0.25) is 0 Å². The Hall–Kier alpha value is -3.15. The average Bonchev–Trinajstić information content (AvgIpc) is 3.20. The maximum atomic E-state index is 12.5. The molecule has 7 nitrogen and oxygen atoms in total. The van der Waals surface area contributed by atoms with Crippen LogP contribution in [0.4, 0.5) is 5.69 Å². The van der Waals surface area contributed by atoms with Crippen LogP contribution in [0.25, 0.3) is 0 Å². The van der Waals surface area contributed by atoms with Gasteiger partial charge in [-0.05, 0) is 55.8 Å². The maximum absolute atomic E-state index is 12.5. The van der Waals surface area contributed by atoms with Gasteiger partial charge in [0.15, 0.2) is 5.16 Å². The maximum Gasteiger partial charge on any atom is 0.234 e. The first-order chi connectivity index (χ1) is 15.7. The molecule has 0 spiro atoms. The molecule has 1 aromatic heterocycles. The van der Waals surface area contributed by atoms with Gasteiger partial charge in [0.05, 0.1) is 30.5 Å². The smallest absolute Gasteiger partial charge is 0.234 e. The van der Waals surface area contributed by atoms with E-state index in [2.05, 4.69) is 43.2 Å². The van der Waals surface area contributed by atoms with Crippen molar-refractivity contribution in [1.82, 2.24) is 19.7 Å². The predicted octanol–water partition coefficient (Wildman–Crippen LogP) is 3.91. The van der Waals surface area contributed by atoms with Crippen LogP contribution in [0.5, 0.6) is 0 Å². The molecule has 3 aromatic rings. The van der Waals surface area contributed by atoms with Crippen LogP contribution in [-0.2, 0) is 17.9 Å². The Morgan fingerprint density at radius 3 is 2.47 bits per heavy atom. The highest BCUT2D eigenvalue weighted by molar-refractivity contribution is 7.99. The summed E-state index contributed by atoms with van der Waals surface area (Å²) in [6.07, 6.45) is 3.75. The standard InChI is InChI=1S/C24H26N6OS/c25-15-19-9-11-21(12-10-19)26-23(31)18-32-24-28-27-22(17-29-13-5-2-6-14-29)30(24)16-20-7-3-1-4-8-20/h1,3-4,7-12H,2,5-6,13-14,16-18H2,(H,26,31). The number of anilines is 1. The molecule has 1 saturated heterocycles. The summed E-state index contributed by atoms with van der Waals surface area (Å²) >= 11 is 1.39. The lowest BCUT2D eigenvalue weighted by Crippen LogP contribution is -2.30. The number of nitriles is 1. The highest BCUT2D eigenvalue weighted by Gasteiger charge is 2.18. The molecule has 1 fully saturated rings. The van der Waals surface area contributed by atoms with Crippen molar-refractivity contribution in [3.63, 3.8) is 0 Å². The zero-order valence-electron chi connectivity index (χ0n) is 17.9. The number of thioether (sulfide) groups is 1. The van der Waals surface area contributed by atoms with E-state index in [1.54, 1.807) is 24.3 Å². The van der Waals surface area contributed by atoms with Crippen molar-refractivity contribution in [2.75, 3.05) is 24.2 Å². The van der Waals surface area contributed by atoms with Gasteiger partial charge in [0.25, 0.3) is 0 Å². The fourth-order valence-electron chi connectivity index (χ4n) is 3.74. The molecule has 2 heterocycles. The Balaban J connectivity index is 1.44. The van der Waals surface area contributed by atoms with Gasteiger partial charge < -0.3 is 9.88 Å². The molecule has 8 heteroatoms. The van der Waals surface area contributed by atoms with Gasteiger partial charge >= 0.3 is 0 Å². The first-order valence-corrected chi connectivity index (χ1v) is 11.8. The fraction of sp³-hybridized carbons (Fsp3) is 0.333. The summed E-state index contributed by atoms with van der Waals surface area (Å²) < 4.78 is 2.13. The number of amides is 1. The van der Waals surface area contributed by atoms with Crippen molar-refractivity contribution < 1.29 is 4.79 Å². The zero-order chi connectivity index (χ0) is 22.2.